The first-order valence-corrected chi connectivity index (χ1v) is 6.08. The van der Waals surface area contributed by atoms with Crippen molar-refractivity contribution in [2.75, 3.05) is 19.7 Å². The van der Waals surface area contributed by atoms with Crippen LogP contribution in [0.15, 0.2) is 21.2 Å². The lowest BCUT2D eigenvalue weighted by atomic mass is 9.96. The van der Waals surface area contributed by atoms with Crippen LogP contribution in [0.3, 0.4) is 0 Å². The van der Waals surface area contributed by atoms with E-state index in [0.717, 1.165) is 10.2 Å². The minimum atomic E-state index is -0.932. The standard InChI is InChI=1S/C11H14BrNO4/c1-11(17-5-10(14)15)6-13(7-11)4-9-8(12)2-3-16-9/h2-3H,4-7H2,1H3,(H,14,15). The molecule has 94 valence electrons. The zero-order valence-corrected chi connectivity index (χ0v) is 11.1. The van der Waals surface area contributed by atoms with Gasteiger partial charge in [0.05, 0.1) is 22.9 Å². The lowest BCUT2D eigenvalue weighted by Gasteiger charge is -2.47. The van der Waals surface area contributed by atoms with Gasteiger partial charge in [-0.15, -0.1) is 0 Å². The van der Waals surface area contributed by atoms with Gasteiger partial charge >= 0.3 is 5.97 Å². The highest BCUT2D eigenvalue weighted by Crippen LogP contribution is 2.28. The lowest BCUT2D eigenvalue weighted by molar-refractivity contribution is -0.166. The molecule has 0 bridgehead atoms. The molecule has 0 aliphatic carbocycles. The molecule has 0 amide bonds. The van der Waals surface area contributed by atoms with Gasteiger partial charge in [-0.05, 0) is 28.9 Å². The molecule has 17 heavy (non-hydrogen) atoms. The molecular formula is C11H14BrNO4. The minimum Gasteiger partial charge on any atom is -0.480 e. The molecule has 1 aliphatic heterocycles. The van der Waals surface area contributed by atoms with Crippen LogP contribution in [0, 0.1) is 0 Å². The number of aliphatic carboxylic acids is 1. The topological polar surface area (TPSA) is 62.9 Å². The first kappa shape index (κ1) is 12.6. The summed E-state index contributed by atoms with van der Waals surface area (Å²) in [5.74, 6) is -0.0521. The SMILES string of the molecule is CC1(OCC(=O)O)CN(Cc2occc2Br)C1. The summed E-state index contributed by atoms with van der Waals surface area (Å²) in [7, 11) is 0. The summed E-state index contributed by atoms with van der Waals surface area (Å²) in [5.41, 5.74) is -0.350. The van der Waals surface area contributed by atoms with Crippen molar-refractivity contribution < 1.29 is 19.1 Å². The predicted molar refractivity (Wildman–Crippen MR) is 63.7 cm³/mol. The second-order valence-corrected chi connectivity index (χ2v) is 5.32. The van der Waals surface area contributed by atoms with Crippen molar-refractivity contribution >= 4 is 21.9 Å². The van der Waals surface area contributed by atoms with Crippen molar-refractivity contribution in [3.63, 3.8) is 0 Å². The number of hydrogen-bond acceptors (Lipinski definition) is 4. The largest absolute Gasteiger partial charge is 0.480 e. The summed E-state index contributed by atoms with van der Waals surface area (Å²) in [5, 5.41) is 8.55. The minimum absolute atomic E-state index is 0.241. The Labute approximate surface area is 107 Å². The van der Waals surface area contributed by atoms with Gasteiger partial charge < -0.3 is 14.3 Å². The van der Waals surface area contributed by atoms with Gasteiger partial charge in [0, 0.05) is 13.1 Å². The lowest BCUT2D eigenvalue weighted by Crippen LogP contribution is -2.61. The molecule has 1 saturated heterocycles. The molecule has 0 spiro atoms. The van der Waals surface area contributed by atoms with Crippen LogP contribution < -0.4 is 0 Å². The number of rotatable bonds is 5. The van der Waals surface area contributed by atoms with Crippen LogP contribution in [0.4, 0.5) is 0 Å². The highest BCUT2D eigenvalue weighted by atomic mass is 79.9. The van der Waals surface area contributed by atoms with E-state index in [2.05, 4.69) is 20.8 Å². The highest BCUT2D eigenvalue weighted by Gasteiger charge is 2.40. The van der Waals surface area contributed by atoms with Crippen LogP contribution in [-0.4, -0.2) is 41.3 Å². The number of carbonyl (C=O) groups is 1. The molecule has 2 rings (SSSR count). The second kappa shape index (κ2) is 4.80. The monoisotopic (exact) mass is 303 g/mol. The Kier molecular flexibility index (Phi) is 3.56. The Bertz CT molecular complexity index is 411. The van der Waals surface area contributed by atoms with Crippen LogP contribution in [0.2, 0.25) is 0 Å². The van der Waals surface area contributed by atoms with Crippen molar-refractivity contribution in [3.05, 3.63) is 22.6 Å². The van der Waals surface area contributed by atoms with Gasteiger partial charge in [-0.2, -0.15) is 0 Å². The third kappa shape index (κ3) is 3.08. The predicted octanol–water partition coefficient (Wildman–Crippen LogP) is 1.72. The van der Waals surface area contributed by atoms with Gasteiger partial charge in [-0.3, -0.25) is 4.90 Å². The van der Waals surface area contributed by atoms with Crippen LogP contribution in [-0.2, 0) is 16.1 Å². The van der Waals surface area contributed by atoms with Gasteiger partial charge in [-0.1, -0.05) is 0 Å². The summed E-state index contributed by atoms with van der Waals surface area (Å²) in [4.78, 5) is 12.6. The summed E-state index contributed by atoms with van der Waals surface area (Å²) < 4.78 is 11.6. The number of nitrogens with zero attached hydrogens (tertiary/aromatic N) is 1. The second-order valence-electron chi connectivity index (χ2n) is 4.47. The average Bonchev–Trinajstić information content (AvgIpc) is 2.59. The molecule has 1 aliphatic rings. The Morgan fingerprint density at radius 1 is 1.71 bits per heavy atom. The molecule has 0 aromatic carbocycles. The number of hydrogen-bond donors (Lipinski definition) is 1. The van der Waals surface area contributed by atoms with Crippen LogP contribution >= 0.6 is 15.9 Å². The normalized spacial score (nSPS) is 18.9. The van der Waals surface area contributed by atoms with Crippen molar-refractivity contribution in [2.24, 2.45) is 0 Å². The molecule has 5 nitrogen and oxygen atoms in total. The van der Waals surface area contributed by atoms with E-state index < -0.39 is 5.97 Å². The van der Waals surface area contributed by atoms with Crippen molar-refractivity contribution in [2.45, 2.75) is 19.1 Å². The smallest absolute Gasteiger partial charge is 0.329 e. The van der Waals surface area contributed by atoms with Crippen molar-refractivity contribution in [3.8, 4) is 0 Å². The molecule has 0 radical (unpaired) electrons. The Morgan fingerprint density at radius 3 is 2.94 bits per heavy atom. The first-order chi connectivity index (χ1) is 7.98. The summed E-state index contributed by atoms with van der Waals surface area (Å²) in [6.45, 7) is 3.82. The number of halogens is 1. The van der Waals surface area contributed by atoms with Crippen LogP contribution in [0.1, 0.15) is 12.7 Å². The maximum Gasteiger partial charge on any atom is 0.329 e. The van der Waals surface area contributed by atoms with E-state index in [9.17, 15) is 4.79 Å². The van der Waals surface area contributed by atoms with E-state index in [4.69, 9.17) is 14.3 Å². The molecule has 6 heteroatoms. The zero-order valence-electron chi connectivity index (χ0n) is 9.48. The molecule has 2 heterocycles. The zero-order chi connectivity index (χ0) is 12.5. The molecule has 0 atom stereocenters. The van der Waals surface area contributed by atoms with Gasteiger partial charge in [0.2, 0.25) is 0 Å². The molecule has 1 N–H and O–H groups in total. The van der Waals surface area contributed by atoms with Gasteiger partial charge in [0.25, 0.3) is 0 Å². The highest BCUT2D eigenvalue weighted by molar-refractivity contribution is 9.10. The summed E-state index contributed by atoms with van der Waals surface area (Å²) in [6.07, 6.45) is 1.64. The van der Waals surface area contributed by atoms with E-state index in [-0.39, 0.29) is 12.2 Å². The van der Waals surface area contributed by atoms with E-state index in [1.54, 1.807) is 6.26 Å². The number of furan rings is 1. The fourth-order valence-corrected chi connectivity index (χ4v) is 2.31. The molecule has 0 unspecified atom stereocenters. The van der Waals surface area contributed by atoms with Crippen LogP contribution in [0.25, 0.3) is 0 Å². The molecule has 1 fully saturated rings. The van der Waals surface area contributed by atoms with Crippen LogP contribution in [0.5, 0.6) is 0 Å². The fourth-order valence-electron chi connectivity index (χ4n) is 1.98. The molecule has 0 saturated carbocycles. The quantitative estimate of drug-likeness (QED) is 0.897. The number of carboxylic acids is 1. The first-order valence-electron chi connectivity index (χ1n) is 5.28. The summed E-state index contributed by atoms with van der Waals surface area (Å²) in [6, 6.07) is 1.86. The number of carboxylic acid groups (broad SMARTS) is 1. The van der Waals surface area contributed by atoms with Gasteiger partial charge in [0.1, 0.15) is 12.4 Å². The third-order valence-electron chi connectivity index (χ3n) is 2.72. The Hall–Kier alpha value is -0.850. The van der Waals surface area contributed by atoms with Crippen molar-refractivity contribution in [1.82, 2.24) is 4.90 Å². The molecule has 1 aromatic heterocycles. The Morgan fingerprint density at radius 2 is 2.41 bits per heavy atom. The molecule has 1 aromatic rings. The van der Waals surface area contributed by atoms with Crippen molar-refractivity contribution in [1.29, 1.82) is 0 Å². The maximum atomic E-state index is 10.4. The van der Waals surface area contributed by atoms with Gasteiger partial charge in [-0.25, -0.2) is 4.79 Å². The fraction of sp³-hybridized carbons (Fsp3) is 0.545. The van der Waals surface area contributed by atoms with E-state index in [0.29, 0.717) is 19.6 Å². The van der Waals surface area contributed by atoms with E-state index >= 15 is 0 Å². The average molecular weight is 304 g/mol. The number of ether oxygens (including phenoxy) is 1. The molecular weight excluding hydrogens is 290 g/mol. The summed E-state index contributed by atoms with van der Waals surface area (Å²) >= 11 is 3.40. The third-order valence-corrected chi connectivity index (χ3v) is 3.43. The van der Waals surface area contributed by atoms with E-state index in [1.807, 2.05) is 13.0 Å². The van der Waals surface area contributed by atoms with Gasteiger partial charge in [0.15, 0.2) is 0 Å². The maximum absolute atomic E-state index is 10.4. The van der Waals surface area contributed by atoms with E-state index in [1.165, 1.54) is 0 Å². The number of likely N-dealkylation sites (tertiary alicyclic amines) is 1. The Balaban J connectivity index is 1.78.